The monoisotopic (exact) mass is 329 g/mol. The van der Waals surface area contributed by atoms with Gasteiger partial charge in [0.2, 0.25) is 5.91 Å². The Bertz CT molecular complexity index is 569. The third-order valence-electron chi connectivity index (χ3n) is 3.76. The van der Waals surface area contributed by atoms with Crippen LogP contribution >= 0.6 is 0 Å². The molecule has 1 fully saturated rings. The summed E-state index contributed by atoms with van der Waals surface area (Å²) in [5, 5.41) is 0. The average Bonchev–Trinajstić information content (AvgIpc) is 2.49. The number of carbonyl (C=O) groups excluding carboxylic acids is 2. The molecule has 0 saturated carbocycles. The first kappa shape index (κ1) is 17.3. The molecule has 7 heteroatoms. The third kappa shape index (κ3) is 4.71. The van der Waals surface area contributed by atoms with Crippen molar-refractivity contribution in [1.82, 2.24) is 4.90 Å². The van der Waals surface area contributed by atoms with Crippen LogP contribution in [0.3, 0.4) is 0 Å². The standard InChI is InChI=1S/C16H18F3NO3/c1-11(12-5-7-13(8-6-12)16(17,18)19)23-15(22)10-20-9-3-2-4-14(20)21/h5-8,11H,2-4,9-10H2,1H3/t11-/m0/s1. The number of ether oxygens (including phenoxy) is 1. The first-order valence-corrected chi connectivity index (χ1v) is 7.42. The molecule has 1 aliphatic rings. The maximum absolute atomic E-state index is 12.5. The molecular weight excluding hydrogens is 311 g/mol. The van der Waals surface area contributed by atoms with Crippen molar-refractivity contribution in [3.05, 3.63) is 35.4 Å². The summed E-state index contributed by atoms with van der Waals surface area (Å²) >= 11 is 0. The fourth-order valence-electron chi connectivity index (χ4n) is 2.43. The zero-order valence-corrected chi connectivity index (χ0v) is 12.7. The van der Waals surface area contributed by atoms with Gasteiger partial charge in [0.15, 0.2) is 0 Å². The van der Waals surface area contributed by atoms with Crippen LogP contribution in [0.4, 0.5) is 13.2 Å². The van der Waals surface area contributed by atoms with E-state index in [1.807, 2.05) is 0 Å². The van der Waals surface area contributed by atoms with Gasteiger partial charge in [-0.25, -0.2) is 0 Å². The Balaban J connectivity index is 1.91. The van der Waals surface area contributed by atoms with Gasteiger partial charge in [-0.3, -0.25) is 9.59 Å². The van der Waals surface area contributed by atoms with Gasteiger partial charge in [0.1, 0.15) is 12.6 Å². The van der Waals surface area contributed by atoms with Crippen LogP contribution in [-0.2, 0) is 20.5 Å². The number of likely N-dealkylation sites (tertiary alicyclic amines) is 1. The number of benzene rings is 1. The van der Waals surface area contributed by atoms with Crippen molar-refractivity contribution in [2.45, 2.75) is 38.5 Å². The van der Waals surface area contributed by atoms with Crippen LogP contribution in [0.25, 0.3) is 0 Å². The minimum atomic E-state index is -4.40. The van der Waals surface area contributed by atoms with E-state index in [2.05, 4.69) is 0 Å². The summed E-state index contributed by atoms with van der Waals surface area (Å²) < 4.78 is 42.7. The zero-order chi connectivity index (χ0) is 17.0. The first-order chi connectivity index (χ1) is 10.8. The minimum Gasteiger partial charge on any atom is -0.456 e. The number of nitrogens with zero attached hydrogens (tertiary/aromatic N) is 1. The summed E-state index contributed by atoms with van der Waals surface area (Å²) in [6, 6.07) is 4.47. The number of esters is 1. The molecule has 4 nitrogen and oxygen atoms in total. The number of amides is 1. The second-order valence-corrected chi connectivity index (χ2v) is 5.52. The SMILES string of the molecule is C[C@H](OC(=O)CN1CCCCC1=O)c1ccc(C(F)(F)F)cc1. The molecule has 0 bridgehead atoms. The van der Waals surface area contributed by atoms with E-state index in [1.54, 1.807) is 6.92 Å². The van der Waals surface area contributed by atoms with Crippen LogP contribution in [0.2, 0.25) is 0 Å². The molecule has 0 aromatic heterocycles. The lowest BCUT2D eigenvalue weighted by Gasteiger charge is -2.26. The van der Waals surface area contributed by atoms with Gasteiger partial charge in [0, 0.05) is 13.0 Å². The summed E-state index contributed by atoms with van der Waals surface area (Å²) in [5.41, 5.74) is -0.282. The number of hydrogen-bond donors (Lipinski definition) is 0. The Labute approximate surface area is 132 Å². The van der Waals surface area contributed by atoms with Crippen molar-refractivity contribution in [3.8, 4) is 0 Å². The lowest BCUT2D eigenvalue weighted by atomic mass is 10.1. The van der Waals surface area contributed by atoms with Gasteiger partial charge in [-0.05, 0) is 37.5 Å². The maximum atomic E-state index is 12.5. The normalized spacial score (nSPS) is 17.0. The minimum absolute atomic E-state index is 0.0737. The quantitative estimate of drug-likeness (QED) is 0.796. The van der Waals surface area contributed by atoms with Crippen molar-refractivity contribution in [2.24, 2.45) is 0 Å². The lowest BCUT2D eigenvalue weighted by molar-refractivity contribution is -0.154. The van der Waals surface area contributed by atoms with Gasteiger partial charge in [-0.15, -0.1) is 0 Å². The van der Waals surface area contributed by atoms with E-state index >= 15 is 0 Å². The van der Waals surface area contributed by atoms with Gasteiger partial charge < -0.3 is 9.64 Å². The summed E-state index contributed by atoms with van der Waals surface area (Å²) in [4.78, 5) is 24.9. The highest BCUT2D eigenvalue weighted by Crippen LogP contribution is 2.30. The molecule has 126 valence electrons. The highest BCUT2D eigenvalue weighted by atomic mass is 19.4. The van der Waals surface area contributed by atoms with Gasteiger partial charge in [0.05, 0.1) is 5.56 Å². The summed E-state index contributed by atoms with van der Waals surface area (Å²) in [7, 11) is 0. The highest BCUT2D eigenvalue weighted by Gasteiger charge is 2.30. The molecule has 0 radical (unpaired) electrons. The number of rotatable bonds is 4. The Morgan fingerprint density at radius 3 is 2.48 bits per heavy atom. The molecule has 0 N–H and O–H groups in total. The highest BCUT2D eigenvalue weighted by molar-refractivity contribution is 5.82. The molecule has 1 amide bonds. The van der Waals surface area contributed by atoms with E-state index in [1.165, 1.54) is 17.0 Å². The van der Waals surface area contributed by atoms with Gasteiger partial charge >= 0.3 is 12.1 Å². The molecule has 1 aromatic carbocycles. The molecule has 1 aromatic rings. The molecule has 1 atom stereocenters. The predicted molar refractivity (Wildman–Crippen MR) is 76.4 cm³/mol. The number of halogens is 3. The van der Waals surface area contributed by atoms with Crippen molar-refractivity contribution in [3.63, 3.8) is 0 Å². The van der Waals surface area contributed by atoms with E-state index < -0.39 is 23.8 Å². The zero-order valence-electron chi connectivity index (χ0n) is 12.7. The van der Waals surface area contributed by atoms with Crippen molar-refractivity contribution < 1.29 is 27.5 Å². The van der Waals surface area contributed by atoms with E-state index in [9.17, 15) is 22.8 Å². The topological polar surface area (TPSA) is 46.6 Å². The van der Waals surface area contributed by atoms with Crippen LogP contribution in [0.15, 0.2) is 24.3 Å². The molecule has 0 unspecified atom stereocenters. The Hall–Kier alpha value is -2.05. The number of carbonyl (C=O) groups is 2. The van der Waals surface area contributed by atoms with Crippen LogP contribution < -0.4 is 0 Å². The van der Waals surface area contributed by atoms with Crippen molar-refractivity contribution in [1.29, 1.82) is 0 Å². The van der Waals surface area contributed by atoms with Gasteiger partial charge in [-0.1, -0.05) is 12.1 Å². The van der Waals surface area contributed by atoms with E-state index in [-0.39, 0.29) is 12.5 Å². The van der Waals surface area contributed by atoms with E-state index in [4.69, 9.17) is 4.74 Å². The summed E-state index contributed by atoms with van der Waals surface area (Å²) in [6.45, 7) is 1.99. The molecule has 1 heterocycles. The van der Waals surface area contributed by atoms with Gasteiger partial charge in [0.25, 0.3) is 0 Å². The Morgan fingerprint density at radius 1 is 1.26 bits per heavy atom. The third-order valence-corrected chi connectivity index (χ3v) is 3.76. The van der Waals surface area contributed by atoms with E-state index in [0.717, 1.165) is 25.0 Å². The Kier molecular flexibility index (Phi) is 5.28. The molecule has 23 heavy (non-hydrogen) atoms. The molecule has 1 aliphatic heterocycles. The summed E-state index contributed by atoms with van der Waals surface area (Å²) in [5.74, 6) is -0.636. The van der Waals surface area contributed by atoms with Crippen molar-refractivity contribution >= 4 is 11.9 Å². The number of alkyl halides is 3. The number of hydrogen-bond acceptors (Lipinski definition) is 3. The number of piperidine rings is 1. The maximum Gasteiger partial charge on any atom is 0.416 e. The molecule has 2 rings (SSSR count). The predicted octanol–water partition coefficient (Wildman–Crippen LogP) is 3.32. The summed E-state index contributed by atoms with van der Waals surface area (Å²) in [6.07, 6.45) is -2.96. The first-order valence-electron chi connectivity index (χ1n) is 7.42. The fourth-order valence-corrected chi connectivity index (χ4v) is 2.43. The fraction of sp³-hybridized carbons (Fsp3) is 0.500. The molecular formula is C16H18F3NO3. The van der Waals surface area contributed by atoms with E-state index in [0.29, 0.717) is 18.5 Å². The van der Waals surface area contributed by atoms with Crippen LogP contribution in [-0.4, -0.2) is 29.9 Å². The molecule has 0 spiro atoms. The average molecular weight is 329 g/mol. The lowest BCUT2D eigenvalue weighted by Crippen LogP contribution is -2.39. The van der Waals surface area contributed by atoms with Crippen LogP contribution in [0, 0.1) is 0 Å². The molecule has 1 saturated heterocycles. The van der Waals surface area contributed by atoms with Crippen molar-refractivity contribution in [2.75, 3.05) is 13.1 Å². The second-order valence-electron chi connectivity index (χ2n) is 5.52. The Morgan fingerprint density at radius 2 is 1.91 bits per heavy atom. The molecule has 0 aliphatic carbocycles. The van der Waals surface area contributed by atoms with Gasteiger partial charge in [-0.2, -0.15) is 13.2 Å². The largest absolute Gasteiger partial charge is 0.456 e. The smallest absolute Gasteiger partial charge is 0.416 e. The van der Waals surface area contributed by atoms with Crippen LogP contribution in [0.1, 0.15) is 43.4 Å². The second kappa shape index (κ2) is 7.02. The van der Waals surface area contributed by atoms with Crippen LogP contribution in [0.5, 0.6) is 0 Å².